The number of rotatable bonds is 6. The number of carbonyl (C=O) groups excluding carboxylic acids is 2. The maximum atomic E-state index is 13.4. The summed E-state index contributed by atoms with van der Waals surface area (Å²) in [5.74, 6) is -0.841. The number of carbonyl (C=O) groups is 2. The maximum Gasteiger partial charge on any atom is 0.254 e. The fourth-order valence-electron chi connectivity index (χ4n) is 3.44. The molecule has 2 aromatic rings. The highest BCUT2D eigenvalue weighted by atomic mass is 35.5. The van der Waals surface area contributed by atoms with Crippen molar-refractivity contribution >= 4 is 52.5 Å². The van der Waals surface area contributed by atoms with Crippen molar-refractivity contribution in [3.8, 4) is 6.07 Å². The number of halogens is 2. The second kappa shape index (κ2) is 10.6. The molecule has 3 rings (SSSR count). The second-order valence-electron chi connectivity index (χ2n) is 8.63. The van der Waals surface area contributed by atoms with E-state index in [4.69, 9.17) is 27.6 Å². The Morgan fingerprint density at radius 1 is 1.26 bits per heavy atom. The molecule has 10 heteroatoms. The van der Waals surface area contributed by atoms with Gasteiger partial charge in [-0.2, -0.15) is 5.26 Å². The normalized spacial score (nSPS) is 16.1. The summed E-state index contributed by atoms with van der Waals surface area (Å²) in [6.07, 6.45) is 1.48. The summed E-state index contributed by atoms with van der Waals surface area (Å²) in [6, 6.07) is 10.3. The SMILES string of the molecule is CC1=C(C(=O)Nc2ccc(Cl)cc2Cl)[C@H](c2ccco2)C(C#N)=C(SCC(=O)NC(C)(C)C)N1. The lowest BCUT2D eigenvalue weighted by atomic mass is 9.85. The van der Waals surface area contributed by atoms with Crippen LogP contribution in [0.2, 0.25) is 10.0 Å². The maximum absolute atomic E-state index is 13.4. The number of hydrogen-bond acceptors (Lipinski definition) is 6. The Labute approximate surface area is 212 Å². The topological polar surface area (TPSA) is 107 Å². The minimum absolute atomic E-state index is 0.102. The van der Waals surface area contributed by atoms with E-state index in [-0.39, 0.29) is 27.8 Å². The minimum atomic E-state index is -0.763. The molecule has 34 heavy (non-hydrogen) atoms. The Morgan fingerprint density at radius 2 is 2.00 bits per heavy atom. The molecule has 1 atom stereocenters. The first-order chi connectivity index (χ1) is 16.0. The van der Waals surface area contributed by atoms with Gasteiger partial charge < -0.3 is 20.4 Å². The fraction of sp³-hybridized carbons (Fsp3) is 0.292. The average molecular weight is 519 g/mol. The summed E-state index contributed by atoms with van der Waals surface area (Å²) in [5.41, 5.74) is 1.13. The molecule has 0 unspecified atom stereocenters. The zero-order chi connectivity index (χ0) is 25.0. The number of anilines is 1. The van der Waals surface area contributed by atoms with Crippen LogP contribution in [0.25, 0.3) is 0 Å². The molecular weight excluding hydrogens is 495 g/mol. The van der Waals surface area contributed by atoms with Crippen LogP contribution in [0.1, 0.15) is 39.4 Å². The van der Waals surface area contributed by atoms with Gasteiger partial charge in [0.25, 0.3) is 5.91 Å². The number of nitrogens with zero attached hydrogens (tertiary/aromatic N) is 1. The predicted octanol–water partition coefficient (Wildman–Crippen LogP) is 5.57. The summed E-state index contributed by atoms with van der Waals surface area (Å²) in [5, 5.41) is 20.1. The monoisotopic (exact) mass is 518 g/mol. The lowest BCUT2D eigenvalue weighted by molar-refractivity contribution is -0.120. The molecule has 1 aromatic carbocycles. The minimum Gasteiger partial charge on any atom is -0.468 e. The molecule has 2 amide bonds. The van der Waals surface area contributed by atoms with Crippen molar-refractivity contribution < 1.29 is 14.0 Å². The van der Waals surface area contributed by atoms with E-state index in [0.29, 0.717) is 32.8 Å². The molecule has 1 aliphatic heterocycles. The van der Waals surface area contributed by atoms with Crippen LogP contribution in [-0.2, 0) is 9.59 Å². The van der Waals surface area contributed by atoms with Gasteiger partial charge in [0.1, 0.15) is 5.76 Å². The number of allylic oxidation sites excluding steroid dienone is 2. The van der Waals surface area contributed by atoms with Gasteiger partial charge in [0.2, 0.25) is 5.91 Å². The second-order valence-corrected chi connectivity index (χ2v) is 10.5. The Balaban J connectivity index is 1.93. The highest BCUT2D eigenvalue weighted by Crippen LogP contribution is 2.41. The van der Waals surface area contributed by atoms with E-state index in [1.54, 1.807) is 31.2 Å². The molecule has 0 saturated carbocycles. The third kappa shape index (κ3) is 6.17. The molecule has 0 fully saturated rings. The summed E-state index contributed by atoms with van der Waals surface area (Å²) < 4.78 is 5.60. The first-order valence-corrected chi connectivity index (χ1v) is 12.1. The number of hydrogen-bond donors (Lipinski definition) is 3. The number of furan rings is 1. The van der Waals surface area contributed by atoms with Crippen LogP contribution in [-0.4, -0.2) is 23.1 Å². The van der Waals surface area contributed by atoms with Crippen molar-refractivity contribution in [2.75, 3.05) is 11.1 Å². The number of nitriles is 1. The molecular formula is C24H24Cl2N4O3S. The first-order valence-electron chi connectivity index (χ1n) is 10.4. The van der Waals surface area contributed by atoms with Crippen LogP contribution in [0.15, 0.2) is 62.9 Å². The molecule has 0 spiro atoms. The van der Waals surface area contributed by atoms with Crippen LogP contribution in [0.5, 0.6) is 0 Å². The summed E-state index contributed by atoms with van der Waals surface area (Å²) in [7, 11) is 0. The third-order valence-corrected chi connectivity index (χ3v) is 6.33. The molecule has 0 saturated heterocycles. The van der Waals surface area contributed by atoms with Crippen molar-refractivity contribution in [2.24, 2.45) is 0 Å². The molecule has 7 nitrogen and oxygen atoms in total. The largest absolute Gasteiger partial charge is 0.468 e. The van der Waals surface area contributed by atoms with Crippen molar-refractivity contribution in [1.29, 1.82) is 5.26 Å². The summed E-state index contributed by atoms with van der Waals surface area (Å²) in [4.78, 5) is 25.7. The van der Waals surface area contributed by atoms with Crippen LogP contribution >= 0.6 is 35.0 Å². The first kappa shape index (κ1) is 25.8. The fourth-order valence-corrected chi connectivity index (χ4v) is 4.79. The van der Waals surface area contributed by atoms with Gasteiger partial charge >= 0.3 is 0 Å². The lowest BCUT2D eigenvalue weighted by Crippen LogP contribution is -2.41. The van der Waals surface area contributed by atoms with Gasteiger partial charge in [-0.3, -0.25) is 9.59 Å². The Bertz CT molecular complexity index is 1210. The van der Waals surface area contributed by atoms with E-state index in [1.165, 1.54) is 24.1 Å². The lowest BCUT2D eigenvalue weighted by Gasteiger charge is -2.28. The van der Waals surface area contributed by atoms with Gasteiger partial charge in [-0.15, -0.1) is 0 Å². The molecule has 0 aliphatic carbocycles. The number of amides is 2. The number of nitrogens with one attached hydrogen (secondary N) is 3. The van der Waals surface area contributed by atoms with Crippen molar-refractivity contribution in [1.82, 2.24) is 10.6 Å². The van der Waals surface area contributed by atoms with Crippen LogP contribution < -0.4 is 16.0 Å². The van der Waals surface area contributed by atoms with E-state index < -0.39 is 11.8 Å². The number of thioether (sulfide) groups is 1. The van der Waals surface area contributed by atoms with Crippen LogP contribution in [0.4, 0.5) is 5.69 Å². The van der Waals surface area contributed by atoms with Crippen molar-refractivity contribution in [3.63, 3.8) is 0 Å². The summed E-state index contributed by atoms with van der Waals surface area (Å²) >= 11 is 13.4. The average Bonchev–Trinajstić information content (AvgIpc) is 3.27. The van der Waals surface area contributed by atoms with E-state index in [2.05, 4.69) is 22.0 Å². The molecule has 178 valence electrons. The van der Waals surface area contributed by atoms with Gasteiger partial charge in [-0.05, 0) is 58.0 Å². The highest BCUT2D eigenvalue weighted by molar-refractivity contribution is 8.03. The Morgan fingerprint density at radius 3 is 2.59 bits per heavy atom. The molecule has 3 N–H and O–H groups in total. The number of dihydropyridines is 1. The zero-order valence-electron chi connectivity index (χ0n) is 19.1. The van der Waals surface area contributed by atoms with Crippen molar-refractivity contribution in [2.45, 2.75) is 39.2 Å². The van der Waals surface area contributed by atoms with Gasteiger partial charge in [0.15, 0.2) is 0 Å². The number of benzene rings is 1. The Kier molecular flexibility index (Phi) is 8.03. The van der Waals surface area contributed by atoms with Gasteiger partial charge in [0, 0.05) is 16.3 Å². The van der Waals surface area contributed by atoms with E-state index in [1.807, 2.05) is 20.8 Å². The zero-order valence-corrected chi connectivity index (χ0v) is 21.4. The highest BCUT2D eigenvalue weighted by Gasteiger charge is 2.36. The van der Waals surface area contributed by atoms with Crippen LogP contribution in [0.3, 0.4) is 0 Å². The molecule has 1 aliphatic rings. The molecule has 0 radical (unpaired) electrons. The predicted molar refractivity (Wildman–Crippen MR) is 135 cm³/mol. The van der Waals surface area contributed by atoms with Crippen LogP contribution in [0, 0.1) is 11.3 Å². The smallest absolute Gasteiger partial charge is 0.254 e. The van der Waals surface area contributed by atoms with E-state index >= 15 is 0 Å². The quantitative estimate of drug-likeness (QED) is 0.461. The van der Waals surface area contributed by atoms with E-state index in [0.717, 1.165) is 0 Å². The van der Waals surface area contributed by atoms with Gasteiger partial charge in [0.05, 0.1) is 50.9 Å². The molecule has 2 heterocycles. The standard InChI is InChI=1S/C24H24Cl2N4O3S/c1-13-20(22(32)29-17-8-7-14(25)10-16(17)26)21(18-6-5-9-33-18)15(11-27)23(28-13)34-12-19(31)30-24(2,3)4/h5-10,21,28H,12H2,1-4H3,(H,29,32)(H,30,31)/t21-/m0/s1. The molecule has 1 aromatic heterocycles. The molecule has 0 bridgehead atoms. The van der Waals surface area contributed by atoms with E-state index in [9.17, 15) is 14.9 Å². The van der Waals surface area contributed by atoms with Gasteiger partial charge in [-0.1, -0.05) is 35.0 Å². The van der Waals surface area contributed by atoms with Crippen molar-refractivity contribution in [3.05, 3.63) is 74.3 Å². The van der Waals surface area contributed by atoms with Gasteiger partial charge in [-0.25, -0.2) is 0 Å². The Hall–Kier alpha value is -2.86. The third-order valence-electron chi connectivity index (χ3n) is 4.76. The summed E-state index contributed by atoms with van der Waals surface area (Å²) in [6.45, 7) is 7.42.